The molecule has 0 saturated carbocycles. The van der Waals surface area contributed by atoms with Crippen LogP contribution in [-0.4, -0.2) is 0 Å². The van der Waals surface area contributed by atoms with E-state index in [4.69, 9.17) is 9.69 Å². The Bertz CT molecular complexity index is 94.6. The van der Waals surface area contributed by atoms with Crippen molar-refractivity contribution in [2.45, 2.75) is 4.51 Å². The number of hydrogen-bond acceptors (Lipinski definition) is 0. The van der Waals surface area contributed by atoms with Crippen LogP contribution in [0.4, 0.5) is 0 Å². The van der Waals surface area contributed by atoms with E-state index in [0.29, 0.717) is 4.51 Å². The molecule has 0 bridgehead atoms. The molecule has 0 fully saturated rings. The van der Waals surface area contributed by atoms with Gasteiger partial charge in [-0.05, 0) is 0 Å². The molecule has 0 heterocycles. The first-order valence-electron chi connectivity index (χ1n) is 2.00. The zero-order valence-corrected chi connectivity index (χ0v) is 6.11. The summed E-state index contributed by atoms with van der Waals surface area (Å²) in [6, 6.07) is 0. The van der Waals surface area contributed by atoms with Crippen LogP contribution >= 0.6 is 9.69 Å². The van der Waals surface area contributed by atoms with Crippen molar-refractivity contribution >= 4 is 9.69 Å². The van der Waals surface area contributed by atoms with E-state index in [1.807, 2.05) is 12.2 Å². The van der Waals surface area contributed by atoms with Crippen LogP contribution < -0.4 is 0 Å². The molecule has 0 aromatic rings. The summed E-state index contributed by atoms with van der Waals surface area (Å²) in [5, 5.41) is 0. The van der Waals surface area contributed by atoms with E-state index >= 15 is 0 Å². The van der Waals surface area contributed by atoms with Crippen LogP contribution in [0.15, 0.2) is 24.3 Å². The summed E-state index contributed by atoms with van der Waals surface area (Å²) >= 11 is 0.0503. The molecule has 7 heavy (non-hydrogen) atoms. The third kappa shape index (κ3) is 1.40. The minimum atomic E-state index is 0.0503. The molecule has 0 radical (unpaired) electrons. The van der Waals surface area contributed by atoms with Crippen molar-refractivity contribution in [1.82, 2.24) is 0 Å². The minimum absolute atomic E-state index is 0.0503. The Morgan fingerprint density at radius 1 is 1.29 bits per heavy atom. The Labute approximate surface area is 54.9 Å². The normalized spacial score (nSPS) is 19.6. The predicted octanol–water partition coefficient (Wildman–Crippen LogP) is 2.14. The predicted molar refractivity (Wildman–Crippen MR) is 27.9 cm³/mol. The molecular weight excluding hydrogens is 197 g/mol. The van der Waals surface area contributed by atoms with Gasteiger partial charge in [-0.15, -0.1) is 0 Å². The molecule has 1 rings (SSSR count). The molecule has 0 N–H and O–H groups in total. The molecule has 0 amide bonds. The zero-order valence-electron chi connectivity index (χ0n) is 3.62. The van der Waals surface area contributed by atoms with E-state index in [1.165, 1.54) is 0 Å². The molecule has 0 aromatic heterocycles. The Kier molecular flexibility index (Phi) is 2.08. The molecule has 0 saturated heterocycles. The fraction of sp³-hybridized carbons (Fsp3) is 0.200. The molecular formula is C5H5ClRu. The average molecular weight is 202 g/mol. The first-order valence-corrected chi connectivity index (χ1v) is 5.25. The summed E-state index contributed by atoms with van der Waals surface area (Å²) in [4.78, 5) is 0. The van der Waals surface area contributed by atoms with E-state index < -0.39 is 0 Å². The van der Waals surface area contributed by atoms with Gasteiger partial charge in [0.1, 0.15) is 0 Å². The van der Waals surface area contributed by atoms with Gasteiger partial charge in [0.15, 0.2) is 0 Å². The van der Waals surface area contributed by atoms with E-state index in [9.17, 15) is 0 Å². The second-order valence-electron chi connectivity index (χ2n) is 1.28. The average Bonchev–Trinajstić information content (AvgIpc) is 2.14. The third-order valence-electron chi connectivity index (χ3n) is 0.781. The molecule has 0 unspecified atom stereocenters. The summed E-state index contributed by atoms with van der Waals surface area (Å²) in [6.45, 7) is 0. The van der Waals surface area contributed by atoms with E-state index in [-0.39, 0.29) is 16.1 Å². The second kappa shape index (κ2) is 2.64. The van der Waals surface area contributed by atoms with Crippen molar-refractivity contribution < 1.29 is 16.1 Å². The molecule has 0 atom stereocenters. The molecule has 0 aromatic carbocycles. The van der Waals surface area contributed by atoms with Gasteiger partial charge in [-0.25, -0.2) is 0 Å². The number of rotatable bonds is 1. The quantitative estimate of drug-likeness (QED) is 0.571. The maximum atomic E-state index is 5.60. The Morgan fingerprint density at radius 3 is 2.14 bits per heavy atom. The van der Waals surface area contributed by atoms with Crippen molar-refractivity contribution in [2.75, 3.05) is 0 Å². The van der Waals surface area contributed by atoms with Gasteiger partial charge in [0.05, 0.1) is 0 Å². The van der Waals surface area contributed by atoms with E-state index in [1.54, 1.807) is 0 Å². The van der Waals surface area contributed by atoms with Gasteiger partial charge in [0.2, 0.25) is 0 Å². The van der Waals surface area contributed by atoms with Gasteiger partial charge in [-0.2, -0.15) is 0 Å². The third-order valence-corrected chi connectivity index (χ3v) is 2.94. The van der Waals surface area contributed by atoms with Gasteiger partial charge in [-0.1, -0.05) is 0 Å². The van der Waals surface area contributed by atoms with Crippen LogP contribution in [0.25, 0.3) is 0 Å². The second-order valence-corrected chi connectivity index (χ2v) is 3.73. The van der Waals surface area contributed by atoms with Crippen LogP contribution in [0.5, 0.6) is 0 Å². The Morgan fingerprint density at radius 2 is 1.86 bits per heavy atom. The summed E-state index contributed by atoms with van der Waals surface area (Å²) in [5.41, 5.74) is 0. The SMILES string of the molecule is [Cl][Ru][CH]1C=CC=C1. The van der Waals surface area contributed by atoms with Gasteiger partial charge in [0, 0.05) is 0 Å². The monoisotopic (exact) mass is 202 g/mol. The molecule has 1 aliphatic carbocycles. The maximum absolute atomic E-state index is 5.60. The molecule has 0 aliphatic heterocycles. The first-order chi connectivity index (χ1) is 3.43. The zero-order chi connectivity index (χ0) is 5.11. The standard InChI is InChI=1S/C5H5.ClH.Ru/c1-2-4-5-3-1;;/h1-5H;1H;/q;;+1/p-1. The number of halogens is 1. The van der Waals surface area contributed by atoms with Crippen molar-refractivity contribution in [1.29, 1.82) is 0 Å². The van der Waals surface area contributed by atoms with Crippen molar-refractivity contribution in [3.63, 3.8) is 0 Å². The number of allylic oxidation sites excluding steroid dienone is 4. The first kappa shape index (κ1) is 5.53. The van der Waals surface area contributed by atoms with Crippen LogP contribution in [0, 0.1) is 0 Å². The summed E-state index contributed by atoms with van der Waals surface area (Å²) < 4.78 is 0.592. The van der Waals surface area contributed by atoms with E-state index in [2.05, 4.69) is 12.2 Å². The molecule has 0 nitrogen and oxygen atoms in total. The number of hydrogen-bond donors (Lipinski definition) is 0. The topological polar surface area (TPSA) is 0 Å². The van der Waals surface area contributed by atoms with Crippen LogP contribution in [0.3, 0.4) is 0 Å². The van der Waals surface area contributed by atoms with Gasteiger partial charge >= 0.3 is 54.6 Å². The van der Waals surface area contributed by atoms with Crippen molar-refractivity contribution in [3.05, 3.63) is 24.3 Å². The Balaban J connectivity index is 2.44. The van der Waals surface area contributed by atoms with E-state index in [0.717, 1.165) is 0 Å². The van der Waals surface area contributed by atoms with Gasteiger partial charge < -0.3 is 0 Å². The van der Waals surface area contributed by atoms with Crippen molar-refractivity contribution in [3.8, 4) is 0 Å². The summed E-state index contributed by atoms with van der Waals surface area (Å²) in [5.74, 6) is 0. The summed E-state index contributed by atoms with van der Waals surface area (Å²) in [7, 11) is 5.60. The Hall–Kier alpha value is 0.393. The fourth-order valence-corrected chi connectivity index (χ4v) is 1.70. The molecule has 0 spiro atoms. The van der Waals surface area contributed by atoms with Crippen molar-refractivity contribution in [2.24, 2.45) is 0 Å². The van der Waals surface area contributed by atoms with Gasteiger partial charge in [0.25, 0.3) is 0 Å². The molecule has 1 aliphatic rings. The summed E-state index contributed by atoms with van der Waals surface area (Å²) in [6.07, 6.45) is 8.35. The van der Waals surface area contributed by atoms with Crippen LogP contribution in [-0.2, 0) is 16.1 Å². The van der Waals surface area contributed by atoms with Crippen LogP contribution in [0.1, 0.15) is 0 Å². The molecule has 2 heteroatoms. The fourth-order valence-electron chi connectivity index (χ4n) is 0.451. The van der Waals surface area contributed by atoms with Crippen LogP contribution in [0.2, 0.25) is 4.51 Å². The molecule has 40 valence electrons. The van der Waals surface area contributed by atoms with Gasteiger partial charge in [-0.3, -0.25) is 0 Å².